The Bertz CT molecular complexity index is 897. The van der Waals surface area contributed by atoms with Crippen LogP contribution in [0.5, 0.6) is 0 Å². The van der Waals surface area contributed by atoms with E-state index in [0.717, 1.165) is 29.1 Å². The van der Waals surface area contributed by atoms with E-state index >= 15 is 0 Å². The molecule has 3 rings (SSSR count). The van der Waals surface area contributed by atoms with Crippen LogP contribution in [-0.4, -0.2) is 30.5 Å². The van der Waals surface area contributed by atoms with Gasteiger partial charge in [0.1, 0.15) is 12.7 Å². The Morgan fingerprint density at radius 2 is 2.12 bits per heavy atom. The van der Waals surface area contributed by atoms with Crippen molar-refractivity contribution in [2.75, 3.05) is 0 Å². The van der Waals surface area contributed by atoms with Crippen LogP contribution in [0.1, 0.15) is 52.8 Å². The largest absolute Gasteiger partial charge is 0.345 e. The maximum Gasteiger partial charge on any atom is 0.251 e. The molecule has 0 aliphatic rings. The monoisotopic (exact) mass is 352 g/mol. The zero-order valence-corrected chi connectivity index (χ0v) is 15.6. The molecule has 7 heteroatoms. The van der Waals surface area contributed by atoms with Gasteiger partial charge in [0.15, 0.2) is 0 Å². The molecule has 2 heterocycles. The molecule has 0 spiro atoms. The molecule has 0 fully saturated rings. The number of carbonyl (C=O) groups is 1. The smallest absolute Gasteiger partial charge is 0.251 e. The molecule has 0 bridgehead atoms. The molecule has 136 valence electrons. The first-order valence-electron chi connectivity index (χ1n) is 8.75. The van der Waals surface area contributed by atoms with Crippen molar-refractivity contribution < 1.29 is 4.79 Å². The molecule has 0 aliphatic heterocycles. The van der Waals surface area contributed by atoms with E-state index in [9.17, 15) is 4.79 Å². The molecule has 0 saturated carbocycles. The number of carbonyl (C=O) groups excluding carboxylic acids is 1. The van der Waals surface area contributed by atoms with Gasteiger partial charge in [-0.2, -0.15) is 10.2 Å². The minimum absolute atomic E-state index is 0.0963. The average Bonchev–Trinajstić information content (AvgIpc) is 3.22. The third-order valence-corrected chi connectivity index (χ3v) is 4.52. The van der Waals surface area contributed by atoms with Gasteiger partial charge in [-0.15, -0.1) is 0 Å². The molecule has 0 radical (unpaired) electrons. The van der Waals surface area contributed by atoms with Gasteiger partial charge < -0.3 is 5.32 Å². The van der Waals surface area contributed by atoms with Gasteiger partial charge in [-0.1, -0.05) is 12.1 Å². The van der Waals surface area contributed by atoms with E-state index in [1.54, 1.807) is 11.0 Å². The van der Waals surface area contributed by atoms with Gasteiger partial charge in [-0.05, 0) is 45.4 Å². The number of aryl methyl sites for hydroxylation is 2. The molecule has 7 nitrogen and oxygen atoms in total. The lowest BCUT2D eigenvalue weighted by Gasteiger charge is -2.15. The third-order valence-electron chi connectivity index (χ3n) is 4.52. The lowest BCUT2D eigenvalue weighted by Crippen LogP contribution is -2.27. The fraction of sp³-hybridized carbons (Fsp3) is 0.368. The molecule has 2 aromatic heterocycles. The SMILES string of the molecule is CCn1nc(C)c([C@H](C)NC(=O)c2cccc(Cn3cncn3)c2)c1C. The molecule has 0 unspecified atom stereocenters. The second-order valence-electron chi connectivity index (χ2n) is 6.39. The minimum Gasteiger partial charge on any atom is -0.345 e. The number of hydrogen-bond donors (Lipinski definition) is 1. The first kappa shape index (κ1) is 17.8. The van der Waals surface area contributed by atoms with Crippen molar-refractivity contribution >= 4 is 5.91 Å². The summed E-state index contributed by atoms with van der Waals surface area (Å²) in [6.45, 7) is 9.48. The second-order valence-corrected chi connectivity index (χ2v) is 6.39. The Hall–Kier alpha value is -2.96. The molecule has 1 atom stereocenters. The van der Waals surface area contributed by atoms with E-state index in [1.807, 2.05) is 49.7 Å². The predicted octanol–water partition coefficient (Wildman–Crippen LogP) is 2.65. The lowest BCUT2D eigenvalue weighted by molar-refractivity contribution is 0.0939. The maximum absolute atomic E-state index is 12.7. The molecule has 1 amide bonds. The van der Waals surface area contributed by atoms with Crippen LogP contribution in [0.25, 0.3) is 0 Å². The molecule has 26 heavy (non-hydrogen) atoms. The van der Waals surface area contributed by atoms with Crippen molar-refractivity contribution in [3.05, 3.63) is 65.0 Å². The summed E-state index contributed by atoms with van der Waals surface area (Å²) in [5.41, 5.74) is 4.77. The van der Waals surface area contributed by atoms with Crippen LogP contribution in [-0.2, 0) is 13.1 Å². The highest BCUT2D eigenvalue weighted by atomic mass is 16.1. The van der Waals surface area contributed by atoms with E-state index in [1.165, 1.54) is 6.33 Å². The Labute approximate surface area is 153 Å². The van der Waals surface area contributed by atoms with Gasteiger partial charge >= 0.3 is 0 Å². The first-order chi connectivity index (χ1) is 12.5. The summed E-state index contributed by atoms with van der Waals surface area (Å²) in [6.07, 6.45) is 3.16. The molecule has 1 aromatic carbocycles. The van der Waals surface area contributed by atoms with Crippen molar-refractivity contribution in [1.29, 1.82) is 0 Å². The van der Waals surface area contributed by atoms with Crippen LogP contribution < -0.4 is 5.32 Å². The summed E-state index contributed by atoms with van der Waals surface area (Å²) in [6, 6.07) is 7.46. The van der Waals surface area contributed by atoms with E-state index < -0.39 is 0 Å². The maximum atomic E-state index is 12.7. The third kappa shape index (κ3) is 3.66. The zero-order valence-electron chi connectivity index (χ0n) is 15.6. The van der Waals surface area contributed by atoms with E-state index in [-0.39, 0.29) is 11.9 Å². The van der Waals surface area contributed by atoms with Crippen LogP contribution in [0.2, 0.25) is 0 Å². The van der Waals surface area contributed by atoms with Crippen LogP contribution in [0.15, 0.2) is 36.9 Å². The number of hydrogen-bond acceptors (Lipinski definition) is 4. The minimum atomic E-state index is -0.109. The average molecular weight is 352 g/mol. The topological polar surface area (TPSA) is 77.6 Å². The molecule has 1 N–H and O–H groups in total. The lowest BCUT2D eigenvalue weighted by atomic mass is 10.1. The molecular weight excluding hydrogens is 328 g/mol. The Morgan fingerprint density at radius 1 is 1.31 bits per heavy atom. The highest BCUT2D eigenvalue weighted by Gasteiger charge is 2.19. The number of benzene rings is 1. The number of rotatable bonds is 6. The standard InChI is InChI=1S/C19H24N6O/c1-5-25-15(4)18(14(3)23-25)13(2)22-19(26)17-8-6-7-16(9-17)10-24-12-20-11-21-24/h6-9,11-13H,5,10H2,1-4H3,(H,22,26)/t13-/m0/s1. The van der Waals surface area contributed by atoms with Gasteiger partial charge in [0, 0.05) is 23.4 Å². The predicted molar refractivity (Wildman–Crippen MR) is 98.8 cm³/mol. The number of nitrogens with one attached hydrogen (secondary N) is 1. The highest BCUT2D eigenvalue weighted by Crippen LogP contribution is 2.22. The van der Waals surface area contributed by atoms with E-state index in [4.69, 9.17) is 0 Å². The molecule has 0 saturated heterocycles. The van der Waals surface area contributed by atoms with Gasteiger partial charge in [-0.25, -0.2) is 9.67 Å². The van der Waals surface area contributed by atoms with Crippen LogP contribution in [0.3, 0.4) is 0 Å². The summed E-state index contributed by atoms with van der Waals surface area (Å²) in [5.74, 6) is -0.0963. The van der Waals surface area contributed by atoms with Crippen LogP contribution in [0, 0.1) is 13.8 Å². The quantitative estimate of drug-likeness (QED) is 0.740. The summed E-state index contributed by atoms with van der Waals surface area (Å²) in [4.78, 5) is 16.6. The van der Waals surface area contributed by atoms with Crippen molar-refractivity contribution in [3.8, 4) is 0 Å². The van der Waals surface area contributed by atoms with Crippen LogP contribution in [0.4, 0.5) is 0 Å². The normalized spacial score (nSPS) is 12.2. The van der Waals surface area contributed by atoms with Crippen molar-refractivity contribution in [2.45, 2.75) is 46.8 Å². The molecular formula is C19H24N6O. The molecule has 3 aromatic rings. The van der Waals surface area contributed by atoms with E-state index in [2.05, 4.69) is 27.4 Å². The summed E-state index contributed by atoms with van der Waals surface area (Å²) in [5, 5.41) is 11.7. The molecule has 0 aliphatic carbocycles. The number of nitrogens with zero attached hydrogens (tertiary/aromatic N) is 5. The van der Waals surface area contributed by atoms with Gasteiger partial charge in [0.2, 0.25) is 0 Å². The van der Waals surface area contributed by atoms with Crippen molar-refractivity contribution in [3.63, 3.8) is 0 Å². The van der Waals surface area contributed by atoms with Crippen molar-refractivity contribution in [2.24, 2.45) is 0 Å². The Kier molecular flexibility index (Phi) is 5.16. The summed E-state index contributed by atoms with van der Waals surface area (Å²) in [7, 11) is 0. The fourth-order valence-electron chi connectivity index (χ4n) is 3.31. The second kappa shape index (κ2) is 7.51. The fourth-order valence-corrected chi connectivity index (χ4v) is 3.31. The van der Waals surface area contributed by atoms with Gasteiger partial charge in [0.05, 0.1) is 18.3 Å². The first-order valence-corrected chi connectivity index (χ1v) is 8.75. The Balaban J connectivity index is 1.74. The summed E-state index contributed by atoms with van der Waals surface area (Å²) < 4.78 is 3.69. The zero-order chi connectivity index (χ0) is 18.7. The van der Waals surface area contributed by atoms with E-state index in [0.29, 0.717) is 12.1 Å². The van der Waals surface area contributed by atoms with Crippen LogP contribution >= 0.6 is 0 Å². The van der Waals surface area contributed by atoms with Gasteiger partial charge in [-0.3, -0.25) is 9.48 Å². The number of amides is 1. The Morgan fingerprint density at radius 3 is 2.77 bits per heavy atom. The number of aromatic nitrogens is 5. The van der Waals surface area contributed by atoms with Gasteiger partial charge in [0.25, 0.3) is 5.91 Å². The highest BCUT2D eigenvalue weighted by molar-refractivity contribution is 5.94. The van der Waals surface area contributed by atoms with Crippen molar-refractivity contribution in [1.82, 2.24) is 29.9 Å². The summed E-state index contributed by atoms with van der Waals surface area (Å²) >= 11 is 0.